The summed E-state index contributed by atoms with van der Waals surface area (Å²) in [6.07, 6.45) is 4.01. The monoisotopic (exact) mass is 358 g/mol. The highest BCUT2D eigenvalue weighted by Crippen LogP contribution is 2.33. The van der Waals surface area contributed by atoms with E-state index in [4.69, 9.17) is 0 Å². The number of Topliss-reactive ketones (excluding diaryl/α,β-unsaturated/α-hetero) is 1. The maximum Gasteiger partial charge on any atom is 0.261 e. The molecule has 1 aliphatic carbocycles. The van der Waals surface area contributed by atoms with Gasteiger partial charge in [-0.05, 0) is 30.4 Å². The molecule has 2 N–H and O–H groups in total. The fraction of sp³-hybridized carbons (Fsp3) is 0.421. The highest BCUT2D eigenvalue weighted by Gasteiger charge is 2.29. The first-order valence-corrected chi connectivity index (χ1v) is 9.59. The second-order valence-corrected chi connectivity index (χ2v) is 7.39. The molecule has 0 saturated carbocycles. The summed E-state index contributed by atoms with van der Waals surface area (Å²) < 4.78 is 0. The SMILES string of the molecule is CCCCCNC(=O)c1cc2c([nH]c1=O)CC(c1cccs1)CC2=O. The number of carbonyl (C=O) groups excluding carboxylic acids is 2. The Balaban J connectivity index is 1.80. The van der Waals surface area contributed by atoms with Crippen LogP contribution < -0.4 is 10.9 Å². The number of nitrogens with one attached hydrogen (secondary N) is 2. The van der Waals surface area contributed by atoms with Crippen molar-refractivity contribution in [3.05, 3.63) is 55.6 Å². The third-order valence-electron chi connectivity index (χ3n) is 4.56. The van der Waals surface area contributed by atoms with E-state index in [0.29, 0.717) is 30.6 Å². The van der Waals surface area contributed by atoms with Crippen LogP contribution in [-0.2, 0) is 6.42 Å². The normalized spacial score (nSPS) is 16.5. The Morgan fingerprint density at radius 1 is 1.32 bits per heavy atom. The lowest BCUT2D eigenvalue weighted by Crippen LogP contribution is -2.33. The molecule has 1 unspecified atom stereocenters. The van der Waals surface area contributed by atoms with Crippen LogP contribution in [0, 0.1) is 0 Å². The van der Waals surface area contributed by atoms with Gasteiger partial charge in [-0.3, -0.25) is 14.4 Å². The highest BCUT2D eigenvalue weighted by molar-refractivity contribution is 7.10. The fourth-order valence-corrected chi connectivity index (χ4v) is 4.03. The van der Waals surface area contributed by atoms with Gasteiger partial charge in [0.25, 0.3) is 11.5 Å². The van der Waals surface area contributed by atoms with Crippen LogP contribution in [0.15, 0.2) is 28.4 Å². The van der Waals surface area contributed by atoms with Crippen LogP contribution >= 0.6 is 11.3 Å². The number of carbonyl (C=O) groups is 2. The topological polar surface area (TPSA) is 79.0 Å². The van der Waals surface area contributed by atoms with Gasteiger partial charge in [0.15, 0.2) is 5.78 Å². The molecule has 0 aliphatic heterocycles. The minimum atomic E-state index is -0.425. The Morgan fingerprint density at radius 3 is 2.88 bits per heavy atom. The van der Waals surface area contributed by atoms with E-state index in [1.54, 1.807) is 11.3 Å². The minimum Gasteiger partial charge on any atom is -0.352 e. The Morgan fingerprint density at radius 2 is 2.16 bits per heavy atom. The molecule has 0 saturated heterocycles. The lowest BCUT2D eigenvalue weighted by atomic mass is 9.84. The Kier molecular flexibility index (Phi) is 5.48. The van der Waals surface area contributed by atoms with Crippen LogP contribution in [0.1, 0.15) is 69.8 Å². The second-order valence-electron chi connectivity index (χ2n) is 6.41. The summed E-state index contributed by atoms with van der Waals surface area (Å²) in [4.78, 5) is 41.0. The van der Waals surface area contributed by atoms with Crippen molar-refractivity contribution in [2.75, 3.05) is 6.54 Å². The van der Waals surface area contributed by atoms with Crippen molar-refractivity contribution in [1.29, 1.82) is 0 Å². The summed E-state index contributed by atoms with van der Waals surface area (Å²) in [6.45, 7) is 2.63. The van der Waals surface area contributed by atoms with Gasteiger partial charge in [0.2, 0.25) is 0 Å². The van der Waals surface area contributed by atoms with Crippen LogP contribution in [0.4, 0.5) is 0 Å². The molecule has 25 heavy (non-hydrogen) atoms. The Labute approximate surface area is 150 Å². The van der Waals surface area contributed by atoms with E-state index in [2.05, 4.69) is 17.2 Å². The summed E-state index contributed by atoms with van der Waals surface area (Å²) in [5.74, 6) is -0.325. The highest BCUT2D eigenvalue weighted by atomic mass is 32.1. The van der Waals surface area contributed by atoms with Crippen molar-refractivity contribution >= 4 is 23.0 Å². The zero-order valence-electron chi connectivity index (χ0n) is 14.3. The molecule has 1 aliphatic rings. The van der Waals surface area contributed by atoms with Gasteiger partial charge >= 0.3 is 0 Å². The van der Waals surface area contributed by atoms with Crippen LogP contribution in [0.3, 0.4) is 0 Å². The van der Waals surface area contributed by atoms with Crippen molar-refractivity contribution in [2.24, 2.45) is 0 Å². The Hall–Kier alpha value is -2.21. The zero-order chi connectivity index (χ0) is 17.8. The van der Waals surface area contributed by atoms with Crippen molar-refractivity contribution in [3.63, 3.8) is 0 Å². The molecule has 0 aromatic carbocycles. The van der Waals surface area contributed by atoms with Gasteiger partial charge in [-0.1, -0.05) is 25.8 Å². The smallest absolute Gasteiger partial charge is 0.261 e. The van der Waals surface area contributed by atoms with Crippen LogP contribution in [-0.4, -0.2) is 23.2 Å². The number of rotatable bonds is 6. The number of fused-ring (bicyclic) bond motifs is 1. The van der Waals surface area contributed by atoms with E-state index in [-0.39, 0.29) is 17.3 Å². The molecule has 2 heterocycles. The van der Waals surface area contributed by atoms with Crippen LogP contribution in [0.25, 0.3) is 0 Å². The summed E-state index contributed by atoms with van der Waals surface area (Å²) in [5, 5.41) is 4.75. The maximum atomic E-state index is 12.5. The number of unbranched alkanes of at least 4 members (excludes halogenated alkanes) is 2. The van der Waals surface area contributed by atoms with E-state index < -0.39 is 11.5 Å². The van der Waals surface area contributed by atoms with Gasteiger partial charge in [-0.2, -0.15) is 0 Å². The molecule has 0 fully saturated rings. The van der Waals surface area contributed by atoms with Crippen molar-refractivity contribution in [3.8, 4) is 0 Å². The average molecular weight is 358 g/mol. The average Bonchev–Trinajstić information content (AvgIpc) is 3.12. The third-order valence-corrected chi connectivity index (χ3v) is 5.60. The van der Waals surface area contributed by atoms with Gasteiger partial charge in [0.1, 0.15) is 5.56 Å². The quantitative estimate of drug-likeness (QED) is 0.778. The number of aromatic amines is 1. The molecule has 3 rings (SSSR count). The molecule has 132 valence electrons. The number of aromatic nitrogens is 1. The zero-order valence-corrected chi connectivity index (χ0v) is 15.1. The summed E-state index contributed by atoms with van der Waals surface area (Å²) in [6, 6.07) is 5.45. The van der Waals surface area contributed by atoms with Gasteiger partial charge in [-0.15, -0.1) is 11.3 Å². The summed E-state index contributed by atoms with van der Waals surface area (Å²) >= 11 is 1.62. The molecule has 2 aromatic rings. The van der Waals surface area contributed by atoms with Crippen LogP contribution in [0.5, 0.6) is 0 Å². The molecule has 1 amide bonds. The van der Waals surface area contributed by atoms with Gasteiger partial charge < -0.3 is 10.3 Å². The van der Waals surface area contributed by atoms with Gasteiger partial charge in [-0.25, -0.2) is 0 Å². The predicted octanol–water partition coefficient (Wildman–Crippen LogP) is 3.27. The number of hydrogen-bond acceptors (Lipinski definition) is 4. The molecule has 0 bridgehead atoms. The minimum absolute atomic E-state index is 0.0177. The van der Waals surface area contributed by atoms with Crippen molar-refractivity contribution in [1.82, 2.24) is 10.3 Å². The standard InChI is InChI=1S/C19H22N2O3S/c1-2-3-4-7-20-18(23)14-11-13-15(21-19(14)24)9-12(10-16(13)22)17-6-5-8-25-17/h5-6,8,11-12H,2-4,7,9-10H2,1H3,(H,20,23)(H,21,24). The predicted molar refractivity (Wildman–Crippen MR) is 98.6 cm³/mol. The summed E-state index contributed by atoms with van der Waals surface area (Å²) in [7, 11) is 0. The van der Waals surface area contributed by atoms with E-state index in [9.17, 15) is 14.4 Å². The first-order valence-electron chi connectivity index (χ1n) is 8.71. The molecule has 2 aromatic heterocycles. The number of hydrogen-bond donors (Lipinski definition) is 2. The molecule has 0 spiro atoms. The van der Waals surface area contributed by atoms with Crippen LogP contribution in [0.2, 0.25) is 0 Å². The number of ketones is 1. The van der Waals surface area contributed by atoms with Gasteiger partial charge in [0.05, 0.1) is 0 Å². The molecular formula is C19H22N2O3S. The van der Waals surface area contributed by atoms with Crippen molar-refractivity contribution in [2.45, 2.75) is 44.9 Å². The first-order chi connectivity index (χ1) is 12.1. The van der Waals surface area contributed by atoms with E-state index in [1.165, 1.54) is 6.07 Å². The lowest BCUT2D eigenvalue weighted by molar-refractivity contribution is 0.0951. The second kappa shape index (κ2) is 7.78. The van der Waals surface area contributed by atoms with Crippen molar-refractivity contribution < 1.29 is 9.59 Å². The third kappa shape index (κ3) is 3.90. The molecule has 1 atom stereocenters. The Bertz CT molecular complexity index is 824. The number of thiophene rings is 1. The van der Waals surface area contributed by atoms with E-state index >= 15 is 0 Å². The van der Waals surface area contributed by atoms with Gasteiger partial charge in [0, 0.05) is 35.0 Å². The number of H-pyrrole nitrogens is 1. The largest absolute Gasteiger partial charge is 0.352 e. The fourth-order valence-electron chi connectivity index (χ4n) is 3.20. The summed E-state index contributed by atoms with van der Waals surface area (Å²) in [5.41, 5.74) is 0.720. The molecular weight excluding hydrogens is 336 g/mol. The van der Waals surface area contributed by atoms with E-state index in [1.807, 2.05) is 17.5 Å². The molecule has 0 radical (unpaired) electrons. The molecule has 5 nitrogen and oxygen atoms in total. The number of pyridine rings is 1. The molecule has 6 heteroatoms. The maximum absolute atomic E-state index is 12.5. The number of amides is 1. The lowest BCUT2D eigenvalue weighted by Gasteiger charge is -2.22. The van der Waals surface area contributed by atoms with E-state index in [0.717, 1.165) is 24.1 Å². The first kappa shape index (κ1) is 17.6.